The predicted octanol–water partition coefficient (Wildman–Crippen LogP) is 1.86. The average molecular weight is 406 g/mol. The van der Waals surface area contributed by atoms with Gasteiger partial charge in [0.15, 0.2) is 0 Å². The fourth-order valence-corrected chi connectivity index (χ4v) is 5.09. The van der Waals surface area contributed by atoms with Gasteiger partial charge in [-0.15, -0.1) is 0 Å². The molecule has 0 unspecified atom stereocenters. The van der Waals surface area contributed by atoms with Crippen LogP contribution < -0.4 is 0 Å². The third-order valence-corrected chi connectivity index (χ3v) is 7.00. The van der Waals surface area contributed by atoms with Crippen molar-refractivity contribution in [1.29, 1.82) is 0 Å². The SMILES string of the molecule is Cc1ccc(C)c(S(=O)(=O)N2CCN(C(=O)CN(C)Cc3ccco3)CC2)c1. The van der Waals surface area contributed by atoms with Crippen molar-refractivity contribution in [2.75, 3.05) is 39.8 Å². The van der Waals surface area contributed by atoms with Crippen molar-refractivity contribution >= 4 is 15.9 Å². The average Bonchev–Trinajstić information content (AvgIpc) is 3.16. The van der Waals surface area contributed by atoms with Gasteiger partial charge in [0.2, 0.25) is 15.9 Å². The lowest BCUT2D eigenvalue weighted by molar-refractivity contribution is -0.133. The lowest BCUT2D eigenvalue weighted by atomic mass is 10.2. The van der Waals surface area contributed by atoms with Crippen LogP contribution in [0.2, 0.25) is 0 Å². The predicted molar refractivity (Wildman–Crippen MR) is 106 cm³/mol. The second kappa shape index (κ2) is 8.46. The Bertz CT molecular complexity index is 917. The van der Waals surface area contributed by atoms with E-state index in [-0.39, 0.29) is 12.5 Å². The number of aryl methyl sites for hydroxylation is 2. The highest BCUT2D eigenvalue weighted by molar-refractivity contribution is 7.89. The highest BCUT2D eigenvalue weighted by Gasteiger charge is 2.31. The summed E-state index contributed by atoms with van der Waals surface area (Å²) in [4.78, 5) is 16.5. The molecule has 0 saturated carbocycles. The standard InChI is InChI=1S/C20H27N3O4S/c1-16-6-7-17(2)19(13-16)28(25,26)23-10-8-22(9-11-23)20(24)15-21(3)14-18-5-4-12-27-18/h4-7,12-13H,8-11,14-15H2,1-3H3. The Balaban J connectivity index is 1.57. The maximum atomic E-state index is 13.0. The lowest BCUT2D eigenvalue weighted by Crippen LogP contribution is -2.52. The number of furan rings is 1. The van der Waals surface area contributed by atoms with Crippen LogP contribution in [-0.4, -0.2) is 68.2 Å². The second-order valence-corrected chi connectivity index (χ2v) is 9.21. The van der Waals surface area contributed by atoms with Gasteiger partial charge in [0, 0.05) is 26.2 Å². The number of amides is 1. The minimum Gasteiger partial charge on any atom is -0.468 e. The molecule has 8 heteroatoms. The molecule has 1 aliphatic rings. The number of rotatable bonds is 6. The van der Waals surface area contributed by atoms with Crippen molar-refractivity contribution in [3.8, 4) is 0 Å². The smallest absolute Gasteiger partial charge is 0.243 e. The van der Waals surface area contributed by atoms with Gasteiger partial charge < -0.3 is 9.32 Å². The molecule has 0 N–H and O–H groups in total. The topological polar surface area (TPSA) is 74.1 Å². The number of likely N-dealkylation sites (N-methyl/N-ethyl adjacent to an activating group) is 1. The van der Waals surface area contributed by atoms with Crippen molar-refractivity contribution in [1.82, 2.24) is 14.1 Å². The number of carbonyl (C=O) groups excluding carboxylic acids is 1. The number of sulfonamides is 1. The Hall–Kier alpha value is -2.16. The Labute approximate surface area is 166 Å². The number of hydrogen-bond acceptors (Lipinski definition) is 5. The molecule has 1 amide bonds. The second-order valence-electron chi connectivity index (χ2n) is 7.31. The quantitative estimate of drug-likeness (QED) is 0.733. The number of carbonyl (C=O) groups is 1. The molecule has 28 heavy (non-hydrogen) atoms. The molecule has 7 nitrogen and oxygen atoms in total. The Morgan fingerprint density at radius 2 is 1.86 bits per heavy atom. The van der Waals surface area contributed by atoms with Crippen LogP contribution in [0.1, 0.15) is 16.9 Å². The molecule has 0 spiro atoms. The van der Waals surface area contributed by atoms with E-state index in [2.05, 4.69) is 0 Å². The van der Waals surface area contributed by atoms with E-state index in [0.717, 1.165) is 16.9 Å². The minimum atomic E-state index is -3.55. The monoisotopic (exact) mass is 405 g/mol. The first-order chi connectivity index (χ1) is 13.3. The molecule has 3 rings (SSSR count). The zero-order chi connectivity index (χ0) is 20.3. The summed E-state index contributed by atoms with van der Waals surface area (Å²) in [5, 5.41) is 0. The normalized spacial score (nSPS) is 15.9. The van der Waals surface area contributed by atoms with E-state index < -0.39 is 10.0 Å². The zero-order valence-corrected chi connectivity index (χ0v) is 17.4. The van der Waals surface area contributed by atoms with E-state index in [1.54, 1.807) is 24.2 Å². The molecule has 1 aliphatic heterocycles. The Kier molecular flexibility index (Phi) is 6.22. The maximum absolute atomic E-state index is 13.0. The fraction of sp³-hybridized carbons (Fsp3) is 0.450. The summed E-state index contributed by atoms with van der Waals surface area (Å²) in [6, 6.07) is 9.14. The molecule has 152 valence electrons. The lowest BCUT2D eigenvalue weighted by Gasteiger charge is -2.35. The molecule has 1 aromatic heterocycles. The molecule has 1 saturated heterocycles. The number of piperazine rings is 1. The van der Waals surface area contributed by atoms with E-state index in [1.807, 2.05) is 43.1 Å². The van der Waals surface area contributed by atoms with Crippen molar-refractivity contribution in [2.45, 2.75) is 25.3 Å². The summed E-state index contributed by atoms with van der Waals surface area (Å²) in [7, 11) is -1.69. The van der Waals surface area contributed by atoms with Crippen molar-refractivity contribution in [3.05, 3.63) is 53.5 Å². The molecule has 2 aromatic rings. The summed E-state index contributed by atoms with van der Waals surface area (Å²) < 4.78 is 32.8. The van der Waals surface area contributed by atoms with Crippen LogP contribution in [0.15, 0.2) is 45.9 Å². The zero-order valence-electron chi connectivity index (χ0n) is 16.6. The van der Waals surface area contributed by atoms with Crippen LogP contribution in [0.25, 0.3) is 0 Å². The highest BCUT2D eigenvalue weighted by Crippen LogP contribution is 2.22. The van der Waals surface area contributed by atoms with Crippen LogP contribution in [-0.2, 0) is 21.4 Å². The van der Waals surface area contributed by atoms with E-state index in [0.29, 0.717) is 37.6 Å². The molecule has 0 aliphatic carbocycles. The van der Waals surface area contributed by atoms with Crippen molar-refractivity contribution in [3.63, 3.8) is 0 Å². The van der Waals surface area contributed by atoms with Gasteiger partial charge in [0.1, 0.15) is 5.76 Å². The van der Waals surface area contributed by atoms with Crippen LogP contribution in [0, 0.1) is 13.8 Å². The first-order valence-corrected chi connectivity index (χ1v) is 10.8. The van der Waals surface area contributed by atoms with Crippen molar-refractivity contribution < 1.29 is 17.6 Å². The molecule has 0 bridgehead atoms. The number of hydrogen-bond donors (Lipinski definition) is 0. The number of nitrogens with zero attached hydrogens (tertiary/aromatic N) is 3. The van der Waals surface area contributed by atoms with Gasteiger partial charge in [-0.1, -0.05) is 12.1 Å². The number of benzene rings is 1. The van der Waals surface area contributed by atoms with Crippen LogP contribution >= 0.6 is 0 Å². The van der Waals surface area contributed by atoms with Gasteiger partial charge in [0.05, 0.1) is 24.2 Å². The highest BCUT2D eigenvalue weighted by atomic mass is 32.2. The minimum absolute atomic E-state index is 0.00200. The molecule has 2 heterocycles. The summed E-state index contributed by atoms with van der Waals surface area (Å²) in [5.74, 6) is 0.803. The van der Waals surface area contributed by atoms with E-state index in [9.17, 15) is 13.2 Å². The fourth-order valence-electron chi connectivity index (χ4n) is 3.36. The van der Waals surface area contributed by atoms with Crippen LogP contribution in [0.4, 0.5) is 0 Å². The van der Waals surface area contributed by atoms with Gasteiger partial charge in [0.25, 0.3) is 0 Å². The maximum Gasteiger partial charge on any atom is 0.243 e. The molecule has 0 atom stereocenters. The summed E-state index contributed by atoms with van der Waals surface area (Å²) in [6.45, 7) is 5.93. The first-order valence-electron chi connectivity index (χ1n) is 9.33. The summed E-state index contributed by atoms with van der Waals surface area (Å²) in [6.07, 6.45) is 1.61. The van der Waals surface area contributed by atoms with E-state index in [4.69, 9.17) is 4.42 Å². The third-order valence-electron chi connectivity index (χ3n) is 4.96. The molecular weight excluding hydrogens is 378 g/mol. The van der Waals surface area contributed by atoms with Crippen LogP contribution in [0.3, 0.4) is 0 Å². The molecular formula is C20H27N3O4S. The van der Waals surface area contributed by atoms with E-state index >= 15 is 0 Å². The van der Waals surface area contributed by atoms with Crippen molar-refractivity contribution in [2.24, 2.45) is 0 Å². The van der Waals surface area contributed by atoms with Crippen LogP contribution in [0.5, 0.6) is 0 Å². The Morgan fingerprint density at radius 3 is 2.50 bits per heavy atom. The summed E-state index contributed by atoms with van der Waals surface area (Å²) >= 11 is 0. The third kappa shape index (κ3) is 4.63. The largest absolute Gasteiger partial charge is 0.468 e. The van der Waals surface area contributed by atoms with Gasteiger partial charge in [-0.25, -0.2) is 8.42 Å². The molecule has 0 radical (unpaired) electrons. The van der Waals surface area contributed by atoms with Gasteiger partial charge in [-0.3, -0.25) is 9.69 Å². The summed E-state index contributed by atoms with van der Waals surface area (Å²) in [5.41, 5.74) is 1.65. The first kappa shape index (κ1) is 20.6. The molecule has 1 fully saturated rings. The van der Waals surface area contributed by atoms with E-state index in [1.165, 1.54) is 4.31 Å². The van der Waals surface area contributed by atoms with Gasteiger partial charge in [-0.05, 0) is 50.2 Å². The van der Waals surface area contributed by atoms with Gasteiger partial charge in [-0.2, -0.15) is 4.31 Å². The Morgan fingerprint density at radius 1 is 1.14 bits per heavy atom. The van der Waals surface area contributed by atoms with Gasteiger partial charge >= 0.3 is 0 Å². The molecule has 1 aromatic carbocycles.